The van der Waals surface area contributed by atoms with Gasteiger partial charge in [-0.25, -0.2) is 0 Å². The summed E-state index contributed by atoms with van der Waals surface area (Å²) < 4.78 is 16.1. The molecular formula is C17H19BrO3. The maximum absolute atomic E-state index is 5.40. The minimum absolute atomic E-state index is 0.0619. The Bertz CT molecular complexity index is 583. The number of rotatable bonds is 5. The zero-order valence-electron chi connectivity index (χ0n) is 12.6. The monoisotopic (exact) mass is 350 g/mol. The third-order valence-corrected chi connectivity index (χ3v) is 4.41. The second-order valence-corrected chi connectivity index (χ2v) is 5.65. The Balaban J connectivity index is 2.45. The van der Waals surface area contributed by atoms with Gasteiger partial charge in [-0.15, -0.1) is 0 Å². The van der Waals surface area contributed by atoms with Crippen LogP contribution in [0.25, 0.3) is 0 Å². The molecule has 0 fully saturated rings. The summed E-state index contributed by atoms with van der Waals surface area (Å²) in [4.78, 5) is 0.0619. The third-order valence-electron chi connectivity index (χ3n) is 3.35. The Morgan fingerprint density at radius 2 is 1.33 bits per heavy atom. The predicted molar refractivity (Wildman–Crippen MR) is 88.0 cm³/mol. The van der Waals surface area contributed by atoms with Crippen LogP contribution < -0.4 is 14.2 Å². The Hall–Kier alpha value is -1.68. The number of aryl methyl sites for hydroxylation is 1. The van der Waals surface area contributed by atoms with Crippen LogP contribution in [-0.4, -0.2) is 21.3 Å². The predicted octanol–water partition coefficient (Wildman–Crippen LogP) is 4.51. The van der Waals surface area contributed by atoms with Crippen LogP contribution >= 0.6 is 15.9 Å². The summed E-state index contributed by atoms with van der Waals surface area (Å²) in [6.45, 7) is 2.08. The average molecular weight is 351 g/mol. The molecule has 0 aliphatic carbocycles. The van der Waals surface area contributed by atoms with Gasteiger partial charge in [-0.3, -0.25) is 0 Å². The summed E-state index contributed by atoms with van der Waals surface area (Å²) in [5, 5.41) is 0. The molecule has 21 heavy (non-hydrogen) atoms. The van der Waals surface area contributed by atoms with Crippen molar-refractivity contribution in [3.8, 4) is 17.2 Å². The highest BCUT2D eigenvalue weighted by molar-refractivity contribution is 9.09. The number of ether oxygens (including phenoxy) is 3. The second kappa shape index (κ2) is 6.85. The molecule has 0 bridgehead atoms. The number of halogens is 1. The largest absolute Gasteiger partial charge is 0.493 e. The molecule has 0 heterocycles. The molecule has 2 aromatic carbocycles. The molecule has 0 aliphatic heterocycles. The molecular weight excluding hydrogens is 332 g/mol. The van der Waals surface area contributed by atoms with E-state index >= 15 is 0 Å². The molecule has 0 aromatic heterocycles. The van der Waals surface area contributed by atoms with Crippen LogP contribution in [0, 0.1) is 6.92 Å². The first-order valence-electron chi connectivity index (χ1n) is 6.61. The zero-order valence-corrected chi connectivity index (χ0v) is 14.2. The van der Waals surface area contributed by atoms with E-state index in [0.717, 1.165) is 5.56 Å². The van der Waals surface area contributed by atoms with Crippen LogP contribution in [0.3, 0.4) is 0 Å². The quantitative estimate of drug-likeness (QED) is 0.742. The number of benzene rings is 2. The van der Waals surface area contributed by atoms with E-state index in [0.29, 0.717) is 17.2 Å². The minimum atomic E-state index is 0.0619. The summed E-state index contributed by atoms with van der Waals surface area (Å²) in [7, 11) is 4.85. The van der Waals surface area contributed by atoms with Gasteiger partial charge < -0.3 is 14.2 Å². The Kier molecular flexibility index (Phi) is 5.12. The Labute approximate surface area is 134 Å². The van der Waals surface area contributed by atoms with Crippen molar-refractivity contribution in [3.05, 3.63) is 53.1 Å². The van der Waals surface area contributed by atoms with Crippen molar-refractivity contribution >= 4 is 15.9 Å². The molecule has 0 radical (unpaired) electrons. The van der Waals surface area contributed by atoms with Crippen molar-refractivity contribution < 1.29 is 14.2 Å². The van der Waals surface area contributed by atoms with Crippen molar-refractivity contribution in [1.29, 1.82) is 0 Å². The molecule has 3 nitrogen and oxygen atoms in total. The van der Waals surface area contributed by atoms with E-state index in [2.05, 4.69) is 47.1 Å². The number of hydrogen-bond donors (Lipinski definition) is 0. The van der Waals surface area contributed by atoms with Crippen molar-refractivity contribution in [2.24, 2.45) is 0 Å². The lowest BCUT2D eigenvalue weighted by Crippen LogP contribution is -1.99. The van der Waals surface area contributed by atoms with E-state index in [9.17, 15) is 0 Å². The van der Waals surface area contributed by atoms with Gasteiger partial charge in [-0.2, -0.15) is 0 Å². The molecule has 2 rings (SSSR count). The molecule has 0 N–H and O–H groups in total. The SMILES string of the molecule is COc1cc(C(Br)c2ccc(C)cc2)cc(OC)c1OC. The van der Waals surface area contributed by atoms with Gasteiger partial charge in [0.1, 0.15) is 0 Å². The van der Waals surface area contributed by atoms with E-state index in [1.807, 2.05) is 12.1 Å². The first kappa shape index (κ1) is 15.7. The van der Waals surface area contributed by atoms with Gasteiger partial charge in [0.15, 0.2) is 11.5 Å². The van der Waals surface area contributed by atoms with Crippen LogP contribution in [0.4, 0.5) is 0 Å². The highest BCUT2D eigenvalue weighted by Crippen LogP contribution is 2.42. The molecule has 112 valence electrons. The van der Waals surface area contributed by atoms with Crippen LogP contribution in [0.2, 0.25) is 0 Å². The number of alkyl halides is 1. The summed E-state index contributed by atoms with van der Waals surface area (Å²) >= 11 is 3.74. The van der Waals surface area contributed by atoms with E-state index in [-0.39, 0.29) is 4.83 Å². The van der Waals surface area contributed by atoms with Gasteiger partial charge >= 0.3 is 0 Å². The fourth-order valence-corrected chi connectivity index (χ4v) is 2.75. The lowest BCUT2D eigenvalue weighted by Gasteiger charge is -2.17. The standard InChI is InChI=1S/C17H19BrO3/c1-11-5-7-12(8-6-11)16(18)13-9-14(19-2)17(21-4)15(10-13)20-3/h5-10,16H,1-4H3. The summed E-state index contributed by atoms with van der Waals surface area (Å²) in [5.74, 6) is 1.92. The lowest BCUT2D eigenvalue weighted by atomic mass is 10.0. The summed E-state index contributed by atoms with van der Waals surface area (Å²) in [6.07, 6.45) is 0. The van der Waals surface area contributed by atoms with Crippen LogP contribution in [0.15, 0.2) is 36.4 Å². The Morgan fingerprint density at radius 1 is 0.810 bits per heavy atom. The van der Waals surface area contributed by atoms with E-state index in [4.69, 9.17) is 14.2 Å². The molecule has 0 aliphatic rings. The topological polar surface area (TPSA) is 27.7 Å². The van der Waals surface area contributed by atoms with Gasteiger partial charge in [-0.1, -0.05) is 45.8 Å². The molecule has 1 atom stereocenters. The molecule has 0 spiro atoms. The summed E-state index contributed by atoms with van der Waals surface area (Å²) in [6, 6.07) is 12.3. The van der Waals surface area contributed by atoms with E-state index < -0.39 is 0 Å². The third kappa shape index (κ3) is 3.32. The average Bonchev–Trinajstić information content (AvgIpc) is 2.53. The molecule has 1 unspecified atom stereocenters. The number of methoxy groups -OCH3 is 3. The zero-order chi connectivity index (χ0) is 15.4. The van der Waals surface area contributed by atoms with Gasteiger partial charge in [-0.05, 0) is 30.2 Å². The molecule has 0 saturated carbocycles. The Morgan fingerprint density at radius 3 is 1.76 bits per heavy atom. The molecule has 0 saturated heterocycles. The van der Waals surface area contributed by atoms with E-state index in [1.165, 1.54) is 11.1 Å². The van der Waals surface area contributed by atoms with E-state index in [1.54, 1.807) is 21.3 Å². The fourth-order valence-electron chi connectivity index (χ4n) is 2.18. The maximum atomic E-state index is 5.40. The smallest absolute Gasteiger partial charge is 0.203 e. The highest BCUT2D eigenvalue weighted by atomic mass is 79.9. The molecule has 2 aromatic rings. The van der Waals surface area contributed by atoms with Crippen molar-refractivity contribution in [3.63, 3.8) is 0 Å². The summed E-state index contributed by atoms with van der Waals surface area (Å²) in [5.41, 5.74) is 3.46. The van der Waals surface area contributed by atoms with Crippen molar-refractivity contribution in [1.82, 2.24) is 0 Å². The van der Waals surface area contributed by atoms with Crippen molar-refractivity contribution in [2.75, 3.05) is 21.3 Å². The fraction of sp³-hybridized carbons (Fsp3) is 0.294. The van der Waals surface area contributed by atoms with Crippen LogP contribution in [0.1, 0.15) is 21.5 Å². The second-order valence-electron chi connectivity index (χ2n) is 4.73. The highest BCUT2D eigenvalue weighted by Gasteiger charge is 2.18. The van der Waals surface area contributed by atoms with Gasteiger partial charge in [0.25, 0.3) is 0 Å². The van der Waals surface area contributed by atoms with Crippen LogP contribution in [0.5, 0.6) is 17.2 Å². The van der Waals surface area contributed by atoms with Gasteiger partial charge in [0.05, 0.1) is 26.2 Å². The first-order chi connectivity index (χ1) is 10.1. The minimum Gasteiger partial charge on any atom is -0.493 e. The van der Waals surface area contributed by atoms with Crippen molar-refractivity contribution in [2.45, 2.75) is 11.8 Å². The van der Waals surface area contributed by atoms with Gasteiger partial charge in [0.2, 0.25) is 5.75 Å². The lowest BCUT2D eigenvalue weighted by molar-refractivity contribution is 0.324. The normalized spacial score (nSPS) is 11.9. The van der Waals surface area contributed by atoms with Crippen LogP contribution in [-0.2, 0) is 0 Å². The molecule has 0 amide bonds. The molecule has 4 heteroatoms. The maximum Gasteiger partial charge on any atom is 0.203 e. The first-order valence-corrected chi connectivity index (χ1v) is 7.52. The van der Waals surface area contributed by atoms with Gasteiger partial charge in [0, 0.05) is 0 Å². The number of hydrogen-bond acceptors (Lipinski definition) is 3.